The highest BCUT2D eigenvalue weighted by Gasteiger charge is 2.23. The maximum absolute atomic E-state index is 11.5. The molecular weight excluding hydrogens is 394 g/mol. The van der Waals surface area contributed by atoms with Gasteiger partial charge in [-0.05, 0) is 43.0 Å². The molecule has 1 fully saturated rings. The monoisotopic (exact) mass is 423 g/mol. The number of nitrogens with zero attached hydrogens (tertiary/aromatic N) is 7. The number of aliphatic hydroxyl groups excluding tert-OH is 1. The second-order valence-corrected chi connectivity index (χ2v) is 8.15. The Labute approximate surface area is 181 Å². The molecule has 164 valence electrons. The van der Waals surface area contributed by atoms with E-state index in [1.54, 1.807) is 4.68 Å². The Hall–Kier alpha value is -2.91. The van der Waals surface area contributed by atoms with E-state index in [0.717, 1.165) is 56.6 Å². The fraction of sp³-hybridized carbons (Fsp3) is 0.500. The van der Waals surface area contributed by atoms with E-state index in [1.807, 2.05) is 7.05 Å². The molecule has 0 bridgehead atoms. The molecule has 0 saturated carbocycles. The number of piperidine rings is 1. The van der Waals surface area contributed by atoms with Crippen molar-refractivity contribution in [2.45, 2.75) is 26.3 Å². The maximum atomic E-state index is 11.5. The third kappa shape index (κ3) is 4.88. The number of rotatable bonds is 8. The summed E-state index contributed by atoms with van der Waals surface area (Å²) in [4.78, 5) is 24.8. The molecule has 0 aliphatic carbocycles. The van der Waals surface area contributed by atoms with Gasteiger partial charge in [0.2, 0.25) is 5.95 Å². The first-order chi connectivity index (χ1) is 15.1. The summed E-state index contributed by atoms with van der Waals surface area (Å²) >= 11 is 0. The zero-order valence-electron chi connectivity index (χ0n) is 18.1. The molecule has 0 atom stereocenters. The van der Waals surface area contributed by atoms with Crippen molar-refractivity contribution in [3.63, 3.8) is 0 Å². The number of carbonyl (C=O) groups excluding carboxylic acids is 1. The number of ketones is 1. The van der Waals surface area contributed by atoms with Crippen molar-refractivity contribution in [3.8, 4) is 0 Å². The van der Waals surface area contributed by atoms with E-state index in [0.29, 0.717) is 17.4 Å². The zero-order valence-corrected chi connectivity index (χ0v) is 18.1. The quantitative estimate of drug-likeness (QED) is 0.546. The Bertz CT molecular complexity index is 1030. The largest absolute Gasteiger partial charge is 0.388 e. The van der Waals surface area contributed by atoms with Crippen LogP contribution in [-0.4, -0.2) is 73.5 Å². The normalized spacial score (nSPS) is 15.2. The number of aliphatic hydroxyl groups is 1. The van der Waals surface area contributed by atoms with E-state index >= 15 is 0 Å². The second kappa shape index (κ2) is 9.49. The van der Waals surface area contributed by atoms with Crippen molar-refractivity contribution in [1.82, 2.24) is 29.9 Å². The van der Waals surface area contributed by atoms with Crippen molar-refractivity contribution in [3.05, 3.63) is 41.7 Å². The van der Waals surface area contributed by atoms with Crippen LogP contribution in [0.3, 0.4) is 0 Å². The number of aromatic nitrogens is 5. The third-order valence-corrected chi connectivity index (χ3v) is 6.05. The first-order valence-electron chi connectivity index (χ1n) is 10.8. The van der Waals surface area contributed by atoms with Crippen molar-refractivity contribution in [2.24, 2.45) is 13.0 Å². The molecule has 1 N–H and O–H groups in total. The van der Waals surface area contributed by atoms with Gasteiger partial charge in [-0.2, -0.15) is 0 Å². The molecule has 1 aliphatic rings. The molecule has 3 aromatic rings. The molecule has 0 amide bonds. The Balaban J connectivity index is 1.31. The summed E-state index contributed by atoms with van der Waals surface area (Å²) in [6.07, 6.45) is 5.17. The molecule has 0 radical (unpaired) electrons. The van der Waals surface area contributed by atoms with E-state index in [-0.39, 0.29) is 5.78 Å². The van der Waals surface area contributed by atoms with Gasteiger partial charge >= 0.3 is 0 Å². The van der Waals surface area contributed by atoms with Gasteiger partial charge in [0.05, 0.1) is 11.1 Å². The van der Waals surface area contributed by atoms with Gasteiger partial charge in [-0.15, -0.1) is 5.10 Å². The minimum atomic E-state index is -0.519. The lowest BCUT2D eigenvalue weighted by Gasteiger charge is -2.34. The zero-order chi connectivity index (χ0) is 21.8. The number of fused-ring (bicyclic) bond motifs is 1. The molecule has 31 heavy (non-hydrogen) atoms. The van der Waals surface area contributed by atoms with Gasteiger partial charge in [0.15, 0.2) is 5.78 Å². The number of hydrogen-bond donors (Lipinski definition) is 1. The molecule has 1 saturated heterocycles. The molecule has 9 heteroatoms. The van der Waals surface area contributed by atoms with Crippen LogP contribution < -0.4 is 4.90 Å². The number of hydrogen-bond acceptors (Lipinski definition) is 8. The predicted molar refractivity (Wildman–Crippen MR) is 118 cm³/mol. The van der Waals surface area contributed by atoms with Crippen molar-refractivity contribution in [2.75, 3.05) is 37.7 Å². The molecule has 1 aromatic carbocycles. The van der Waals surface area contributed by atoms with Gasteiger partial charge in [0, 0.05) is 45.6 Å². The van der Waals surface area contributed by atoms with Crippen LogP contribution in [0.4, 0.5) is 5.95 Å². The lowest BCUT2D eigenvalue weighted by molar-refractivity contribution is 0.0903. The van der Waals surface area contributed by atoms with Crippen LogP contribution in [0.1, 0.15) is 35.7 Å². The average molecular weight is 424 g/mol. The van der Waals surface area contributed by atoms with Crippen LogP contribution in [0.25, 0.3) is 11.0 Å². The smallest absolute Gasteiger partial charge is 0.225 e. The van der Waals surface area contributed by atoms with E-state index in [9.17, 15) is 4.79 Å². The second-order valence-electron chi connectivity index (χ2n) is 8.15. The molecule has 1 aliphatic heterocycles. The first kappa shape index (κ1) is 21.3. The molecular formula is C22H29N7O2. The van der Waals surface area contributed by atoms with Crippen LogP contribution in [0, 0.1) is 5.92 Å². The minimum absolute atomic E-state index is 0.347. The van der Waals surface area contributed by atoms with E-state index in [1.165, 1.54) is 18.0 Å². The van der Waals surface area contributed by atoms with E-state index in [2.05, 4.69) is 55.2 Å². The van der Waals surface area contributed by atoms with E-state index < -0.39 is 6.61 Å². The lowest BCUT2D eigenvalue weighted by atomic mass is 9.96. The highest BCUT2D eigenvalue weighted by molar-refractivity contribution is 5.96. The molecule has 2 aromatic heterocycles. The van der Waals surface area contributed by atoms with Gasteiger partial charge in [0.1, 0.15) is 12.1 Å². The van der Waals surface area contributed by atoms with Crippen molar-refractivity contribution < 1.29 is 9.90 Å². The average Bonchev–Trinajstić information content (AvgIpc) is 3.18. The molecule has 0 unspecified atom stereocenters. The van der Waals surface area contributed by atoms with Gasteiger partial charge < -0.3 is 10.0 Å². The standard InChI is InChI=1S/C22H29N7O2/c1-3-28(14-17-4-5-20-19(10-17)25-26-27(20)2)13-16-6-8-29(9-7-16)22-23-11-18(12-24-22)21(31)15-30/h4-5,10-12,16,30H,3,6-9,13-15H2,1-2H3. The summed E-state index contributed by atoms with van der Waals surface area (Å²) < 4.78 is 1.80. The number of carbonyl (C=O) groups is 1. The summed E-state index contributed by atoms with van der Waals surface area (Å²) in [6, 6.07) is 6.39. The summed E-state index contributed by atoms with van der Waals surface area (Å²) in [5.74, 6) is 0.924. The molecule has 9 nitrogen and oxygen atoms in total. The number of benzene rings is 1. The lowest BCUT2D eigenvalue weighted by Crippen LogP contribution is -2.39. The number of Topliss-reactive ketones (excluding diaryl/α,β-unsaturated/α-hetero) is 1. The fourth-order valence-corrected chi connectivity index (χ4v) is 4.15. The van der Waals surface area contributed by atoms with Crippen LogP contribution in [0.5, 0.6) is 0 Å². The Kier molecular flexibility index (Phi) is 6.53. The molecule has 3 heterocycles. The summed E-state index contributed by atoms with van der Waals surface area (Å²) in [5, 5.41) is 17.3. The Morgan fingerprint density at radius 2 is 1.97 bits per heavy atom. The van der Waals surface area contributed by atoms with Gasteiger partial charge in [-0.3, -0.25) is 9.69 Å². The fourth-order valence-electron chi connectivity index (χ4n) is 4.15. The van der Waals surface area contributed by atoms with Crippen molar-refractivity contribution in [1.29, 1.82) is 0 Å². The SMILES string of the molecule is CCN(Cc1ccc2c(c1)nnn2C)CC1CCN(c2ncc(C(=O)CO)cn2)CC1. The van der Waals surface area contributed by atoms with Crippen LogP contribution in [0.2, 0.25) is 0 Å². The Morgan fingerprint density at radius 3 is 2.65 bits per heavy atom. The summed E-state index contributed by atoms with van der Waals surface area (Å²) in [6.45, 7) is 6.47. The maximum Gasteiger partial charge on any atom is 0.225 e. The van der Waals surface area contributed by atoms with Crippen molar-refractivity contribution >= 4 is 22.8 Å². The van der Waals surface area contributed by atoms with Crippen LogP contribution >= 0.6 is 0 Å². The molecule has 4 rings (SSSR count). The molecule has 0 spiro atoms. The summed E-state index contributed by atoms with van der Waals surface area (Å²) in [5.41, 5.74) is 3.60. The highest BCUT2D eigenvalue weighted by Crippen LogP contribution is 2.23. The van der Waals surface area contributed by atoms with Gasteiger partial charge in [-0.25, -0.2) is 14.6 Å². The third-order valence-electron chi connectivity index (χ3n) is 6.05. The van der Waals surface area contributed by atoms with Crippen LogP contribution in [-0.2, 0) is 13.6 Å². The Morgan fingerprint density at radius 1 is 1.23 bits per heavy atom. The van der Waals surface area contributed by atoms with Crippen LogP contribution in [0.15, 0.2) is 30.6 Å². The highest BCUT2D eigenvalue weighted by atomic mass is 16.3. The topological polar surface area (TPSA) is 100 Å². The van der Waals surface area contributed by atoms with E-state index in [4.69, 9.17) is 5.11 Å². The minimum Gasteiger partial charge on any atom is -0.388 e. The van der Waals surface area contributed by atoms with Gasteiger partial charge in [-0.1, -0.05) is 18.2 Å². The number of aryl methyl sites for hydroxylation is 1. The summed E-state index contributed by atoms with van der Waals surface area (Å²) in [7, 11) is 1.91. The first-order valence-corrected chi connectivity index (χ1v) is 10.8. The predicted octanol–water partition coefficient (Wildman–Crippen LogP) is 1.67. The van der Waals surface area contributed by atoms with Gasteiger partial charge in [0.25, 0.3) is 0 Å². The number of anilines is 1.